The predicted octanol–water partition coefficient (Wildman–Crippen LogP) is 3.72. The SMILES string of the molecule is CCNc1cn2ccnc2c(Oc2ccccc2Br)n1. The summed E-state index contributed by atoms with van der Waals surface area (Å²) in [6.07, 6.45) is 5.48. The monoisotopic (exact) mass is 332 g/mol. The lowest BCUT2D eigenvalue weighted by atomic mass is 10.3. The van der Waals surface area contributed by atoms with Crippen LogP contribution >= 0.6 is 15.9 Å². The van der Waals surface area contributed by atoms with Crippen molar-refractivity contribution in [2.45, 2.75) is 6.92 Å². The molecule has 5 nitrogen and oxygen atoms in total. The smallest absolute Gasteiger partial charge is 0.265 e. The number of ether oxygens (including phenoxy) is 1. The molecule has 0 saturated heterocycles. The molecule has 0 unspecified atom stereocenters. The van der Waals surface area contributed by atoms with Crippen LogP contribution in [0.1, 0.15) is 6.92 Å². The van der Waals surface area contributed by atoms with E-state index in [1.54, 1.807) is 6.20 Å². The molecule has 2 aromatic heterocycles. The molecule has 3 rings (SSSR count). The molecule has 0 spiro atoms. The summed E-state index contributed by atoms with van der Waals surface area (Å²) in [5.41, 5.74) is 0.683. The van der Waals surface area contributed by atoms with E-state index >= 15 is 0 Å². The van der Waals surface area contributed by atoms with Crippen molar-refractivity contribution >= 4 is 27.4 Å². The van der Waals surface area contributed by atoms with Crippen LogP contribution in [0.3, 0.4) is 0 Å². The number of halogens is 1. The topological polar surface area (TPSA) is 51.5 Å². The first-order valence-corrected chi connectivity index (χ1v) is 7.07. The quantitative estimate of drug-likeness (QED) is 0.791. The summed E-state index contributed by atoms with van der Waals surface area (Å²) in [6.45, 7) is 2.82. The number of imidazole rings is 1. The van der Waals surface area contributed by atoms with Crippen molar-refractivity contribution < 1.29 is 4.74 Å². The molecule has 20 heavy (non-hydrogen) atoms. The molecule has 102 valence electrons. The van der Waals surface area contributed by atoms with Crippen molar-refractivity contribution in [2.24, 2.45) is 0 Å². The molecule has 0 aliphatic heterocycles. The summed E-state index contributed by atoms with van der Waals surface area (Å²) in [7, 11) is 0. The molecular weight excluding hydrogens is 320 g/mol. The van der Waals surface area contributed by atoms with Crippen LogP contribution in [0.15, 0.2) is 47.3 Å². The molecule has 0 atom stereocenters. The van der Waals surface area contributed by atoms with Gasteiger partial charge in [0.15, 0.2) is 0 Å². The Morgan fingerprint density at radius 2 is 2.20 bits per heavy atom. The van der Waals surface area contributed by atoms with Crippen LogP contribution in [0.25, 0.3) is 5.65 Å². The van der Waals surface area contributed by atoms with E-state index in [0.717, 1.165) is 16.8 Å². The van der Waals surface area contributed by atoms with Crippen molar-refractivity contribution in [2.75, 3.05) is 11.9 Å². The fraction of sp³-hybridized carbons (Fsp3) is 0.143. The molecule has 0 aliphatic carbocycles. The maximum Gasteiger partial charge on any atom is 0.265 e. The maximum atomic E-state index is 5.89. The standard InChI is InChI=1S/C14H13BrN4O/c1-2-16-12-9-19-8-7-17-13(19)14(18-12)20-11-6-4-3-5-10(11)15/h3-9,16H,2H2,1H3. The zero-order chi connectivity index (χ0) is 13.9. The lowest BCUT2D eigenvalue weighted by Crippen LogP contribution is -2.03. The lowest BCUT2D eigenvalue weighted by Gasteiger charge is -2.10. The largest absolute Gasteiger partial charge is 0.435 e. The number of para-hydroxylation sites is 1. The Morgan fingerprint density at radius 3 is 3.00 bits per heavy atom. The zero-order valence-corrected chi connectivity index (χ0v) is 12.5. The molecule has 0 amide bonds. The van der Waals surface area contributed by atoms with Crippen molar-refractivity contribution in [3.63, 3.8) is 0 Å². The van der Waals surface area contributed by atoms with Crippen LogP contribution in [0.2, 0.25) is 0 Å². The third kappa shape index (κ3) is 2.46. The maximum absolute atomic E-state index is 5.89. The van der Waals surface area contributed by atoms with E-state index in [1.807, 2.05) is 48.0 Å². The second kappa shape index (κ2) is 5.50. The van der Waals surface area contributed by atoms with Gasteiger partial charge in [-0.3, -0.25) is 4.40 Å². The van der Waals surface area contributed by atoms with Gasteiger partial charge in [-0.1, -0.05) is 12.1 Å². The molecule has 1 N–H and O–H groups in total. The first-order chi connectivity index (χ1) is 9.78. The minimum Gasteiger partial charge on any atom is -0.435 e. The highest BCUT2D eigenvalue weighted by molar-refractivity contribution is 9.10. The highest BCUT2D eigenvalue weighted by Crippen LogP contribution is 2.30. The van der Waals surface area contributed by atoms with Crippen LogP contribution in [0, 0.1) is 0 Å². The van der Waals surface area contributed by atoms with Crippen LogP contribution in [-0.4, -0.2) is 20.9 Å². The van der Waals surface area contributed by atoms with E-state index in [-0.39, 0.29) is 0 Å². The molecule has 2 heterocycles. The molecule has 1 aromatic carbocycles. The van der Waals surface area contributed by atoms with Gasteiger partial charge in [0.1, 0.15) is 11.6 Å². The molecule has 0 saturated carbocycles. The first-order valence-electron chi connectivity index (χ1n) is 6.28. The van der Waals surface area contributed by atoms with Crippen molar-refractivity contribution in [1.29, 1.82) is 0 Å². The third-order valence-electron chi connectivity index (χ3n) is 2.74. The van der Waals surface area contributed by atoms with Gasteiger partial charge >= 0.3 is 0 Å². The average molecular weight is 333 g/mol. The Hall–Kier alpha value is -2.08. The van der Waals surface area contributed by atoms with E-state index in [4.69, 9.17) is 4.74 Å². The Morgan fingerprint density at radius 1 is 1.35 bits per heavy atom. The lowest BCUT2D eigenvalue weighted by molar-refractivity contribution is 0.463. The van der Waals surface area contributed by atoms with E-state index in [9.17, 15) is 0 Å². The second-order valence-corrected chi connectivity index (χ2v) is 5.01. The summed E-state index contributed by atoms with van der Waals surface area (Å²) in [5.74, 6) is 1.93. The Bertz CT molecular complexity index is 741. The fourth-order valence-corrected chi connectivity index (χ4v) is 2.23. The second-order valence-electron chi connectivity index (χ2n) is 4.15. The van der Waals surface area contributed by atoms with Gasteiger partial charge in [0.25, 0.3) is 5.88 Å². The van der Waals surface area contributed by atoms with Crippen LogP contribution in [0.5, 0.6) is 11.6 Å². The van der Waals surface area contributed by atoms with Gasteiger partial charge in [0.05, 0.1) is 10.7 Å². The predicted molar refractivity (Wildman–Crippen MR) is 81.4 cm³/mol. The molecule has 0 bridgehead atoms. The van der Waals surface area contributed by atoms with E-state index in [0.29, 0.717) is 17.3 Å². The summed E-state index contributed by atoms with van der Waals surface area (Å²) in [4.78, 5) is 8.74. The number of anilines is 1. The van der Waals surface area contributed by atoms with Gasteiger partial charge in [-0.25, -0.2) is 4.98 Å². The van der Waals surface area contributed by atoms with Crippen LogP contribution in [-0.2, 0) is 0 Å². The number of fused-ring (bicyclic) bond motifs is 1. The van der Waals surface area contributed by atoms with Crippen molar-refractivity contribution in [3.05, 3.63) is 47.3 Å². The summed E-state index contributed by atoms with van der Waals surface area (Å²) >= 11 is 3.46. The van der Waals surface area contributed by atoms with E-state index in [2.05, 4.69) is 31.2 Å². The van der Waals surface area contributed by atoms with Gasteiger partial charge in [-0.05, 0) is 35.0 Å². The summed E-state index contributed by atoms with van der Waals surface area (Å²) in [5, 5.41) is 3.18. The number of rotatable bonds is 4. The summed E-state index contributed by atoms with van der Waals surface area (Å²) < 4.78 is 8.65. The van der Waals surface area contributed by atoms with Gasteiger partial charge in [0, 0.05) is 18.9 Å². The molecular formula is C14H13BrN4O. The highest BCUT2D eigenvalue weighted by Gasteiger charge is 2.11. The number of nitrogens with zero attached hydrogens (tertiary/aromatic N) is 3. The van der Waals surface area contributed by atoms with E-state index in [1.165, 1.54) is 0 Å². The molecule has 0 fully saturated rings. The number of aromatic nitrogens is 3. The Labute approximate surface area is 124 Å². The third-order valence-corrected chi connectivity index (χ3v) is 3.40. The number of hydrogen-bond acceptors (Lipinski definition) is 4. The Balaban J connectivity index is 2.05. The minimum atomic E-state index is 0.473. The Kier molecular flexibility index (Phi) is 3.56. The molecule has 6 heteroatoms. The van der Waals surface area contributed by atoms with Crippen molar-refractivity contribution in [1.82, 2.24) is 14.4 Å². The highest BCUT2D eigenvalue weighted by atomic mass is 79.9. The average Bonchev–Trinajstić information content (AvgIpc) is 2.90. The molecule has 0 aliphatic rings. The normalized spacial score (nSPS) is 10.7. The van der Waals surface area contributed by atoms with Crippen LogP contribution in [0.4, 0.5) is 5.82 Å². The number of hydrogen-bond donors (Lipinski definition) is 1. The van der Waals surface area contributed by atoms with Gasteiger partial charge in [-0.2, -0.15) is 4.98 Å². The molecule has 0 radical (unpaired) electrons. The van der Waals surface area contributed by atoms with Gasteiger partial charge < -0.3 is 10.1 Å². The number of benzene rings is 1. The first kappa shape index (κ1) is 12.9. The molecule has 3 aromatic rings. The fourth-order valence-electron chi connectivity index (χ4n) is 1.87. The summed E-state index contributed by atoms with van der Waals surface area (Å²) in [6, 6.07) is 7.65. The van der Waals surface area contributed by atoms with Gasteiger partial charge in [0.2, 0.25) is 5.65 Å². The van der Waals surface area contributed by atoms with Crippen LogP contribution < -0.4 is 10.1 Å². The minimum absolute atomic E-state index is 0.473. The van der Waals surface area contributed by atoms with E-state index < -0.39 is 0 Å². The number of nitrogens with one attached hydrogen (secondary N) is 1. The van der Waals surface area contributed by atoms with Crippen molar-refractivity contribution in [3.8, 4) is 11.6 Å². The van der Waals surface area contributed by atoms with Gasteiger partial charge in [-0.15, -0.1) is 0 Å². The zero-order valence-electron chi connectivity index (χ0n) is 10.9.